The van der Waals surface area contributed by atoms with Crippen LogP contribution in [0.5, 0.6) is 0 Å². The molecule has 0 N–H and O–H groups in total. The lowest BCUT2D eigenvalue weighted by Crippen LogP contribution is -1.97. The molecule has 1 heterocycles. The molecule has 0 spiro atoms. The Morgan fingerprint density at radius 1 is 1.40 bits per heavy atom. The van der Waals surface area contributed by atoms with Crippen molar-refractivity contribution in [2.45, 2.75) is 27.2 Å². The maximum atomic E-state index is 5.23. The molecule has 1 unspecified atom stereocenters. The van der Waals surface area contributed by atoms with Gasteiger partial charge < -0.3 is 4.74 Å². The van der Waals surface area contributed by atoms with E-state index in [1.807, 2.05) is 25.6 Å². The Balaban J connectivity index is 0.000000371. The molecule has 62 valence electrons. The van der Waals surface area contributed by atoms with Gasteiger partial charge in [-0.3, -0.25) is 0 Å². The largest absolute Gasteiger partial charge is 0.371 e. The summed E-state index contributed by atoms with van der Waals surface area (Å²) in [6, 6.07) is 0. The van der Waals surface area contributed by atoms with Crippen molar-refractivity contribution in [2.24, 2.45) is 5.92 Å². The molecule has 0 aliphatic carbocycles. The predicted molar refractivity (Wildman–Crippen MR) is 48.4 cm³/mol. The van der Waals surface area contributed by atoms with Crippen molar-refractivity contribution in [1.82, 2.24) is 0 Å². The van der Waals surface area contributed by atoms with Gasteiger partial charge in [-0.2, -0.15) is 0 Å². The lowest BCUT2D eigenvalue weighted by atomic mass is 10.1. The van der Waals surface area contributed by atoms with Crippen LogP contribution in [0.2, 0.25) is 0 Å². The summed E-state index contributed by atoms with van der Waals surface area (Å²) in [4.78, 5) is 0. The standard InChI is InChI=1S/C6H12OS.C2H6/c1-6-2-3-7-5-8-4-6;1-2/h6H,2-5H2,1H3;1-2H3. The summed E-state index contributed by atoms with van der Waals surface area (Å²) in [5.41, 5.74) is 0. The summed E-state index contributed by atoms with van der Waals surface area (Å²) in [5.74, 6) is 3.05. The molecule has 1 rings (SSSR count). The Kier molecular flexibility index (Phi) is 7.65. The predicted octanol–water partition coefficient (Wildman–Crippen LogP) is 2.76. The van der Waals surface area contributed by atoms with Crippen molar-refractivity contribution in [2.75, 3.05) is 18.3 Å². The molecule has 0 saturated carbocycles. The monoisotopic (exact) mass is 162 g/mol. The fourth-order valence-corrected chi connectivity index (χ4v) is 1.64. The third kappa shape index (κ3) is 5.12. The molecule has 1 aliphatic heterocycles. The van der Waals surface area contributed by atoms with Crippen molar-refractivity contribution in [3.05, 3.63) is 0 Å². The highest BCUT2D eigenvalue weighted by Crippen LogP contribution is 2.15. The highest BCUT2D eigenvalue weighted by Gasteiger charge is 2.05. The van der Waals surface area contributed by atoms with Crippen molar-refractivity contribution in [1.29, 1.82) is 0 Å². The molecule has 1 aliphatic rings. The normalized spacial score (nSPS) is 26.1. The van der Waals surface area contributed by atoms with Crippen LogP contribution in [0.3, 0.4) is 0 Å². The number of thioether (sulfide) groups is 1. The molecular weight excluding hydrogens is 144 g/mol. The third-order valence-electron chi connectivity index (χ3n) is 1.32. The van der Waals surface area contributed by atoms with Gasteiger partial charge in [-0.1, -0.05) is 20.8 Å². The minimum absolute atomic E-state index is 0.863. The summed E-state index contributed by atoms with van der Waals surface area (Å²) in [6.45, 7) is 7.25. The van der Waals surface area contributed by atoms with E-state index in [9.17, 15) is 0 Å². The number of hydrogen-bond acceptors (Lipinski definition) is 2. The zero-order valence-electron chi connectivity index (χ0n) is 7.22. The van der Waals surface area contributed by atoms with Crippen molar-refractivity contribution in [3.8, 4) is 0 Å². The van der Waals surface area contributed by atoms with Crippen LogP contribution in [0.15, 0.2) is 0 Å². The molecule has 1 fully saturated rings. The van der Waals surface area contributed by atoms with Crippen molar-refractivity contribution >= 4 is 11.8 Å². The first kappa shape index (κ1) is 10.3. The lowest BCUT2D eigenvalue weighted by Gasteiger charge is -2.01. The second kappa shape index (κ2) is 7.42. The second-order valence-electron chi connectivity index (χ2n) is 2.29. The van der Waals surface area contributed by atoms with Gasteiger partial charge >= 0.3 is 0 Å². The first-order valence-electron chi connectivity index (χ1n) is 4.05. The average molecular weight is 162 g/mol. The van der Waals surface area contributed by atoms with Crippen LogP contribution in [-0.2, 0) is 4.74 Å². The zero-order chi connectivity index (χ0) is 7.82. The Morgan fingerprint density at radius 2 is 2.10 bits per heavy atom. The molecule has 0 amide bonds. The average Bonchev–Trinajstić information content (AvgIpc) is 2.21. The Bertz CT molecular complexity index is 58.3. The number of ether oxygens (including phenoxy) is 1. The first-order chi connectivity index (χ1) is 4.89. The van der Waals surface area contributed by atoms with Crippen molar-refractivity contribution in [3.63, 3.8) is 0 Å². The quantitative estimate of drug-likeness (QED) is 0.541. The zero-order valence-corrected chi connectivity index (χ0v) is 8.04. The van der Waals surface area contributed by atoms with Crippen LogP contribution in [0, 0.1) is 5.92 Å². The molecule has 2 heteroatoms. The minimum Gasteiger partial charge on any atom is -0.371 e. The summed E-state index contributed by atoms with van der Waals surface area (Å²) in [7, 11) is 0. The van der Waals surface area contributed by atoms with E-state index in [2.05, 4.69) is 6.92 Å². The van der Waals surface area contributed by atoms with Gasteiger partial charge in [0.1, 0.15) is 0 Å². The topological polar surface area (TPSA) is 9.23 Å². The molecule has 0 bridgehead atoms. The van der Waals surface area contributed by atoms with Gasteiger partial charge in [0.05, 0.1) is 5.94 Å². The van der Waals surface area contributed by atoms with Crippen LogP contribution >= 0.6 is 11.8 Å². The van der Waals surface area contributed by atoms with Crippen LogP contribution in [-0.4, -0.2) is 18.3 Å². The van der Waals surface area contributed by atoms with E-state index in [0.29, 0.717) is 0 Å². The number of rotatable bonds is 0. The first-order valence-corrected chi connectivity index (χ1v) is 5.20. The van der Waals surface area contributed by atoms with E-state index in [1.54, 1.807) is 0 Å². The van der Waals surface area contributed by atoms with Crippen molar-refractivity contribution < 1.29 is 4.74 Å². The van der Waals surface area contributed by atoms with Gasteiger partial charge in [-0.25, -0.2) is 0 Å². The SMILES string of the molecule is CC.CC1CCOCSC1. The number of hydrogen-bond donors (Lipinski definition) is 0. The molecule has 10 heavy (non-hydrogen) atoms. The molecule has 1 saturated heterocycles. The van der Waals surface area contributed by atoms with Gasteiger partial charge in [0.2, 0.25) is 0 Å². The van der Waals surface area contributed by atoms with E-state index >= 15 is 0 Å². The second-order valence-corrected chi connectivity index (χ2v) is 3.27. The maximum absolute atomic E-state index is 5.23. The van der Waals surface area contributed by atoms with Gasteiger partial charge in [0, 0.05) is 6.61 Å². The van der Waals surface area contributed by atoms with E-state index in [0.717, 1.165) is 18.5 Å². The van der Waals surface area contributed by atoms with Gasteiger partial charge in [-0.15, -0.1) is 11.8 Å². The maximum Gasteiger partial charge on any atom is 0.0920 e. The van der Waals surface area contributed by atoms with E-state index in [-0.39, 0.29) is 0 Å². The van der Waals surface area contributed by atoms with Gasteiger partial charge in [0.25, 0.3) is 0 Å². The molecule has 0 aromatic heterocycles. The fourth-order valence-electron chi connectivity index (χ4n) is 0.735. The summed E-state index contributed by atoms with van der Waals surface area (Å²) in [5, 5.41) is 0. The van der Waals surface area contributed by atoms with Crippen LogP contribution in [0.4, 0.5) is 0 Å². The smallest absolute Gasteiger partial charge is 0.0920 e. The Hall–Kier alpha value is 0.310. The van der Waals surface area contributed by atoms with E-state index in [1.165, 1.54) is 12.2 Å². The lowest BCUT2D eigenvalue weighted by molar-refractivity contribution is 0.175. The van der Waals surface area contributed by atoms with E-state index < -0.39 is 0 Å². The van der Waals surface area contributed by atoms with Crippen LogP contribution < -0.4 is 0 Å². The van der Waals surface area contributed by atoms with Crippen LogP contribution in [0.25, 0.3) is 0 Å². The third-order valence-corrected chi connectivity index (χ3v) is 2.46. The minimum atomic E-state index is 0.863. The highest BCUT2D eigenvalue weighted by atomic mass is 32.2. The Labute approximate surface area is 68.5 Å². The summed E-state index contributed by atoms with van der Waals surface area (Å²) in [6.07, 6.45) is 1.24. The molecule has 0 aromatic carbocycles. The Morgan fingerprint density at radius 3 is 2.80 bits per heavy atom. The highest BCUT2D eigenvalue weighted by molar-refractivity contribution is 7.99. The molecule has 0 radical (unpaired) electrons. The molecule has 1 nitrogen and oxygen atoms in total. The van der Waals surface area contributed by atoms with Gasteiger partial charge in [0.15, 0.2) is 0 Å². The summed E-state index contributed by atoms with van der Waals surface area (Å²) < 4.78 is 5.23. The summed E-state index contributed by atoms with van der Waals surface area (Å²) >= 11 is 1.90. The van der Waals surface area contributed by atoms with E-state index in [4.69, 9.17) is 4.74 Å². The molecular formula is C8H18OS. The fraction of sp³-hybridized carbons (Fsp3) is 1.00. The molecule has 0 aromatic rings. The van der Waals surface area contributed by atoms with Crippen LogP contribution in [0.1, 0.15) is 27.2 Å². The molecule has 1 atom stereocenters. The van der Waals surface area contributed by atoms with Gasteiger partial charge in [-0.05, 0) is 18.1 Å².